The van der Waals surface area contributed by atoms with Crippen molar-refractivity contribution in [3.63, 3.8) is 0 Å². The van der Waals surface area contributed by atoms with E-state index in [4.69, 9.17) is 16.3 Å². The smallest absolute Gasteiger partial charge is 0.257 e. The Morgan fingerprint density at radius 1 is 1.20 bits per heavy atom. The van der Waals surface area contributed by atoms with Crippen molar-refractivity contribution < 1.29 is 19.1 Å². The molecule has 0 spiro atoms. The normalized spacial score (nSPS) is 13.0. The van der Waals surface area contributed by atoms with Gasteiger partial charge in [0.05, 0.1) is 13.2 Å². The molecule has 1 saturated carbocycles. The molecule has 1 fully saturated rings. The van der Waals surface area contributed by atoms with Crippen LogP contribution in [0.15, 0.2) is 18.2 Å². The van der Waals surface area contributed by atoms with Crippen LogP contribution >= 0.6 is 11.6 Å². The first-order valence-corrected chi connectivity index (χ1v) is 8.58. The third-order valence-electron chi connectivity index (χ3n) is 3.66. The van der Waals surface area contributed by atoms with E-state index in [-0.39, 0.29) is 30.7 Å². The minimum absolute atomic E-state index is 0.0478. The van der Waals surface area contributed by atoms with Gasteiger partial charge in [-0.15, -0.1) is 0 Å². The summed E-state index contributed by atoms with van der Waals surface area (Å²) in [6.45, 7) is 2.13. The lowest BCUT2D eigenvalue weighted by molar-refractivity contribution is -0.130. The Balaban J connectivity index is 1.54. The van der Waals surface area contributed by atoms with Crippen molar-refractivity contribution in [3.05, 3.63) is 28.8 Å². The molecule has 0 aliphatic heterocycles. The number of halogens is 1. The van der Waals surface area contributed by atoms with Crippen molar-refractivity contribution in [2.45, 2.75) is 32.6 Å². The zero-order chi connectivity index (χ0) is 18.2. The third kappa shape index (κ3) is 7.01. The molecule has 1 aromatic rings. The Morgan fingerprint density at radius 2 is 1.92 bits per heavy atom. The minimum atomic E-state index is -0.463. The van der Waals surface area contributed by atoms with Crippen LogP contribution in [-0.2, 0) is 14.4 Å². The minimum Gasteiger partial charge on any atom is -0.493 e. The molecule has 136 valence electrons. The van der Waals surface area contributed by atoms with Crippen molar-refractivity contribution in [3.8, 4) is 5.75 Å². The highest BCUT2D eigenvalue weighted by Gasteiger charge is 2.29. The van der Waals surface area contributed by atoms with E-state index in [1.807, 2.05) is 6.92 Å². The van der Waals surface area contributed by atoms with Crippen LogP contribution in [0.1, 0.15) is 31.2 Å². The SMILES string of the molecule is Cc1cc(Cl)ccc1OCCCC(=O)NNC(=O)CNC(=O)C1CC1. The lowest BCUT2D eigenvalue weighted by Gasteiger charge is -2.10. The second kappa shape index (κ2) is 9.27. The highest BCUT2D eigenvalue weighted by Crippen LogP contribution is 2.28. The van der Waals surface area contributed by atoms with Crippen LogP contribution in [0.25, 0.3) is 0 Å². The molecule has 7 nitrogen and oxygen atoms in total. The molecule has 0 saturated heterocycles. The molecule has 2 rings (SSSR count). The highest BCUT2D eigenvalue weighted by atomic mass is 35.5. The maximum absolute atomic E-state index is 11.6. The van der Waals surface area contributed by atoms with Gasteiger partial charge in [-0.25, -0.2) is 0 Å². The van der Waals surface area contributed by atoms with Gasteiger partial charge in [-0.1, -0.05) is 11.6 Å². The third-order valence-corrected chi connectivity index (χ3v) is 3.89. The standard InChI is InChI=1S/C17H22ClN3O4/c1-11-9-13(18)6-7-14(11)25-8-2-3-15(22)20-21-16(23)10-19-17(24)12-4-5-12/h6-7,9,12H,2-5,8,10H2,1H3,(H,19,24)(H,20,22)(H,21,23). The second-order valence-corrected chi connectivity index (χ2v) is 6.39. The van der Waals surface area contributed by atoms with Gasteiger partial charge in [-0.3, -0.25) is 25.2 Å². The molecule has 0 unspecified atom stereocenters. The first-order valence-electron chi connectivity index (χ1n) is 8.20. The van der Waals surface area contributed by atoms with E-state index in [0.29, 0.717) is 18.1 Å². The lowest BCUT2D eigenvalue weighted by atomic mass is 10.2. The Bertz CT molecular complexity index is 647. The van der Waals surface area contributed by atoms with Crippen LogP contribution in [0.5, 0.6) is 5.75 Å². The van der Waals surface area contributed by atoms with Gasteiger partial charge in [0.25, 0.3) is 5.91 Å². The first kappa shape index (κ1) is 19.1. The van der Waals surface area contributed by atoms with Gasteiger partial charge in [0.2, 0.25) is 11.8 Å². The molecule has 0 aromatic heterocycles. The number of aryl methyl sites for hydroxylation is 1. The summed E-state index contributed by atoms with van der Waals surface area (Å²) in [5.74, 6) is -0.124. The van der Waals surface area contributed by atoms with Crippen LogP contribution in [0.3, 0.4) is 0 Å². The number of benzene rings is 1. The van der Waals surface area contributed by atoms with Crippen molar-refractivity contribution in [1.82, 2.24) is 16.2 Å². The summed E-state index contributed by atoms with van der Waals surface area (Å²) in [6, 6.07) is 5.34. The number of hydrogen-bond acceptors (Lipinski definition) is 4. The van der Waals surface area contributed by atoms with Crippen molar-refractivity contribution in [1.29, 1.82) is 0 Å². The molecule has 25 heavy (non-hydrogen) atoms. The van der Waals surface area contributed by atoms with E-state index in [9.17, 15) is 14.4 Å². The van der Waals surface area contributed by atoms with Gasteiger partial charge < -0.3 is 10.1 Å². The molecule has 0 heterocycles. The molecule has 0 atom stereocenters. The fraction of sp³-hybridized carbons (Fsp3) is 0.471. The van der Waals surface area contributed by atoms with E-state index < -0.39 is 5.91 Å². The maximum Gasteiger partial charge on any atom is 0.257 e. The quantitative estimate of drug-likeness (QED) is 0.479. The molecular formula is C17H22ClN3O4. The summed E-state index contributed by atoms with van der Waals surface area (Å²) < 4.78 is 5.59. The van der Waals surface area contributed by atoms with Crippen molar-refractivity contribution >= 4 is 29.3 Å². The van der Waals surface area contributed by atoms with Gasteiger partial charge in [0.15, 0.2) is 0 Å². The summed E-state index contributed by atoms with van der Waals surface area (Å²) in [6.07, 6.45) is 2.47. The summed E-state index contributed by atoms with van der Waals surface area (Å²) >= 11 is 5.87. The largest absolute Gasteiger partial charge is 0.493 e. The second-order valence-electron chi connectivity index (χ2n) is 5.95. The maximum atomic E-state index is 11.6. The van der Waals surface area contributed by atoms with E-state index in [1.165, 1.54) is 0 Å². The van der Waals surface area contributed by atoms with Crippen LogP contribution in [-0.4, -0.2) is 30.9 Å². The zero-order valence-corrected chi connectivity index (χ0v) is 14.8. The average Bonchev–Trinajstić information content (AvgIpc) is 3.41. The van der Waals surface area contributed by atoms with Gasteiger partial charge >= 0.3 is 0 Å². The summed E-state index contributed by atoms with van der Waals surface area (Å²) in [7, 11) is 0. The van der Waals surface area contributed by atoms with E-state index in [0.717, 1.165) is 24.2 Å². The summed E-state index contributed by atoms with van der Waals surface area (Å²) in [5, 5.41) is 3.16. The van der Waals surface area contributed by atoms with Crippen LogP contribution in [0.4, 0.5) is 0 Å². The molecule has 1 aromatic carbocycles. The molecule has 0 bridgehead atoms. The topological polar surface area (TPSA) is 96.5 Å². The number of carbonyl (C=O) groups is 3. The number of amides is 3. The van der Waals surface area contributed by atoms with Crippen LogP contribution in [0.2, 0.25) is 5.02 Å². The van der Waals surface area contributed by atoms with Gasteiger partial charge in [0, 0.05) is 17.4 Å². The predicted octanol–water partition coefficient (Wildman–Crippen LogP) is 1.48. The Kier molecular flexibility index (Phi) is 7.06. The van der Waals surface area contributed by atoms with E-state index >= 15 is 0 Å². The Labute approximate surface area is 151 Å². The Morgan fingerprint density at radius 3 is 2.60 bits per heavy atom. The molecular weight excluding hydrogens is 346 g/mol. The monoisotopic (exact) mass is 367 g/mol. The fourth-order valence-electron chi connectivity index (χ4n) is 2.09. The number of carbonyl (C=O) groups excluding carboxylic acids is 3. The molecule has 1 aliphatic carbocycles. The first-order chi connectivity index (χ1) is 12.0. The number of hydrazine groups is 1. The molecule has 8 heteroatoms. The zero-order valence-electron chi connectivity index (χ0n) is 14.1. The number of rotatable bonds is 8. The number of nitrogens with one attached hydrogen (secondary N) is 3. The highest BCUT2D eigenvalue weighted by molar-refractivity contribution is 6.30. The van der Waals surface area contributed by atoms with Crippen molar-refractivity contribution in [2.75, 3.05) is 13.2 Å². The molecule has 1 aliphatic rings. The lowest BCUT2D eigenvalue weighted by Crippen LogP contribution is -2.46. The van der Waals surface area contributed by atoms with Crippen LogP contribution in [0, 0.1) is 12.8 Å². The van der Waals surface area contributed by atoms with Gasteiger partial charge in [-0.2, -0.15) is 0 Å². The predicted molar refractivity (Wildman–Crippen MR) is 92.9 cm³/mol. The van der Waals surface area contributed by atoms with E-state index in [1.54, 1.807) is 18.2 Å². The Hall–Kier alpha value is -2.28. The van der Waals surface area contributed by atoms with E-state index in [2.05, 4.69) is 16.2 Å². The fourth-order valence-corrected chi connectivity index (χ4v) is 2.32. The molecule has 0 radical (unpaired) electrons. The number of ether oxygens (including phenoxy) is 1. The molecule has 3 amide bonds. The summed E-state index contributed by atoms with van der Waals surface area (Å²) in [4.78, 5) is 34.5. The van der Waals surface area contributed by atoms with Crippen LogP contribution < -0.4 is 20.9 Å². The summed E-state index contributed by atoms with van der Waals surface area (Å²) in [5.41, 5.74) is 5.50. The molecule has 3 N–H and O–H groups in total. The van der Waals surface area contributed by atoms with Gasteiger partial charge in [-0.05, 0) is 49.9 Å². The van der Waals surface area contributed by atoms with Crippen molar-refractivity contribution in [2.24, 2.45) is 5.92 Å². The number of hydrogen-bond donors (Lipinski definition) is 3. The average molecular weight is 368 g/mol. The van der Waals surface area contributed by atoms with Gasteiger partial charge in [0.1, 0.15) is 5.75 Å².